The van der Waals surface area contributed by atoms with Crippen LogP contribution in [-0.2, 0) is 0 Å². The fourth-order valence-corrected chi connectivity index (χ4v) is 2.73. The van der Waals surface area contributed by atoms with E-state index in [1.54, 1.807) is 0 Å². The van der Waals surface area contributed by atoms with Crippen molar-refractivity contribution < 1.29 is 4.79 Å². The third-order valence-electron chi connectivity index (χ3n) is 3.85. The van der Waals surface area contributed by atoms with Crippen molar-refractivity contribution in [2.45, 2.75) is 19.3 Å². The minimum atomic E-state index is -0.0977. The van der Waals surface area contributed by atoms with Gasteiger partial charge < -0.3 is 10.2 Å². The number of hydrogen-bond donors (Lipinski definition) is 2. The van der Waals surface area contributed by atoms with Gasteiger partial charge in [0.25, 0.3) is 5.91 Å². The van der Waals surface area contributed by atoms with Crippen molar-refractivity contribution in [3.05, 3.63) is 30.0 Å². The van der Waals surface area contributed by atoms with Crippen molar-refractivity contribution in [3.8, 4) is 0 Å². The molecule has 1 fully saturated rings. The molecule has 21 heavy (non-hydrogen) atoms. The maximum absolute atomic E-state index is 12.1. The van der Waals surface area contributed by atoms with Gasteiger partial charge in [0, 0.05) is 18.5 Å². The number of rotatable bonds is 4. The van der Waals surface area contributed by atoms with Crippen LogP contribution >= 0.6 is 12.4 Å². The van der Waals surface area contributed by atoms with Crippen molar-refractivity contribution in [1.82, 2.24) is 20.4 Å². The molecule has 5 nitrogen and oxygen atoms in total. The van der Waals surface area contributed by atoms with Crippen LogP contribution in [0.15, 0.2) is 24.3 Å². The molecule has 0 saturated carbocycles. The maximum Gasteiger partial charge on any atom is 0.272 e. The molecule has 0 atom stereocenters. The van der Waals surface area contributed by atoms with Gasteiger partial charge in [0.2, 0.25) is 0 Å². The third kappa shape index (κ3) is 3.74. The van der Waals surface area contributed by atoms with E-state index in [1.807, 2.05) is 24.3 Å². The molecule has 0 radical (unpaired) electrons. The van der Waals surface area contributed by atoms with Crippen molar-refractivity contribution >= 4 is 29.2 Å². The zero-order chi connectivity index (χ0) is 13.8. The monoisotopic (exact) mass is 308 g/mol. The van der Waals surface area contributed by atoms with Crippen molar-refractivity contribution in [1.29, 1.82) is 0 Å². The highest BCUT2D eigenvalue weighted by Gasteiger charge is 2.14. The number of nitrogens with one attached hydrogen (secondary N) is 2. The smallest absolute Gasteiger partial charge is 0.272 e. The molecule has 114 valence electrons. The highest BCUT2D eigenvalue weighted by molar-refractivity contribution is 6.04. The Morgan fingerprint density at radius 3 is 2.81 bits per heavy atom. The fourth-order valence-electron chi connectivity index (χ4n) is 2.73. The molecule has 1 saturated heterocycles. The third-order valence-corrected chi connectivity index (χ3v) is 3.85. The summed E-state index contributed by atoms with van der Waals surface area (Å²) in [5.41, 5.74) is 1.38. The molecule has 1 aliphatic rings. The van der Waals surface area contributed by atoms with Gasteiger partial charge in [0.05, 0.1) is 5.52 Å². The summed E-state index contributed by atoms with van der Waals surface area (Å²) < 4.78 is 0. The topological polar surface area (TPSA) is 61.0 Å². The van der Waals surface area contributed by atoms with Crippen LogP contribution in [0.4, 0.5) is 0 Å². The summed E-state index contributed by atoms with van der Waals surface area (Å²) in [4.78, 5) is 14.6. The standard InChI is InChI=1S/C15H20N4O.ClH/c20-15(16-8-11-19-9-4-1-5-10-19)14-12-6-2-3-7-13(12)17-18-14;/h2-3,6-7H,1,4-5,8-11H2,(H,16,20)(H,17,18);1H. The van der Waals surface area contributed by atoms with Crippen LogP contribution in [0.1, 0.15) is 29.8 Å². The molecule has 3 rings (SSSR count). The average molecular weight is 309 g/mol. The number of amides is 1. The Morgan fingerprint density at radius 1 is 1.24 bits per heavy atom. The van der Waals surface area contributed by atoms with Crippen LogP contribution in [0, 0.1) is 0 Å². The predicted molar refractivity (Wildman–Crippen MR) is 86.0 cm³/mol. The highest BCUT2D eigenvalue weighted by Crippen LogP contribution is 2.14. The lowest BCUT2D eigenvalue weighted by Crippen LogP contribution is -2.37. The van der Waals surface area contributed by atoms with E-state index in [0.717, 1.165) is 30.5 Å². The predicted octanol–water partition coefficient (Wildman–Crippen LogP) is 2.20. The lowest BCUT2D eigenvalue weighted by atomic mass is 10.1. The fraction of sp³-hybridized carbons (Fsp3) is 0.467. The summed E-state index contributed by atoms with van der Waals surface area (Å²) >= 11 is 0. The first kappa shape index (κ1) is 15.8. The van der Waals surface area contributed by atoms with Crippen LogP contribution in [0.2, 0.25) is 0 Å². The molecule has 0 unspecified atom stereocenters. The molecule has 0 spiro atoms. The highest BCUT2D eigenvalue weighted by atomic mass is 35.5. The molecular formula is C15H21ClN4O. The Balaban J connectivity index is 0.00000161. The van der Waals surface area contributed by atoms with Crippen LogP contribution in [0.25, 0.3) is 10.9 Å². The van der Waals surface area contributed by atoms with Gasteiger partial charge in [-0.25, -0.2) is 0 Å². The first-order valence-electron chi connectivity index (χ1n) is 7.28. The normalized spacial score (nSPS) is 15.6. The van der Waals surface area contributed by atoms with Gasteiger partial charge in [-0.2, -0.15) is 5.10 Å². The first-order chi connectivity index (χ1) is 9.84. The number of piperidine rings is 1. The summed E-state index contributed by atoms with van der Waals surface area (Å²) in [6.45, 7) is 3.91. The first-order valence-corrected chi connectivity index (χ1v) is 7.28. The number of nitrogens with zero attached hydrogens (tertiary/aromatic N) is 2. The van der Waals surface area contributed by atoms with Crippen LogP contribution in [0.5, 0.6) is 0 Å². The summed E-state index contributed by atoms with van der Waals surface area (Å²) in [6, 6.07) is 7.69. The number of benzene rings is 1. The summed E-state index contributed by atoms with van der Waals surface area (Å²) in [7, 11) is 0. The van der Waals surface area contributed by atoms with E-state index in [-0.39, 0.29) is 18.3 Å². The molecule has 1 aliphatic heterocycles. The second kappa shape index (κ2) is 7.43. The van der Waals surface area contributed by atoms with Crippen LogP contribution < -0.4 is 5.32 Å². The number of aromatic nitrogens is 2. The zero-order valence-electron chi connectivity index (χ0n) is 12.0. The number of carbonyl (C=O) groups excluding carboxylic acids is 1. The summed E-state index contributed by atoms with van der Waals surface area (Å²) in [5.74, 6) is -0.0977. The number of aromatic amines is 1. The van der Waals surface area contributed by atoms with Gasteiger partial charge in [-0.1, -0.05) is 24.6 Å². The Kier molecular flexibility index (Phi) is 5.59. The van der Waals surface area contributed by atoms with E-state index in [9.17, 15) is 4.79 Å². The number of halogens is 1. The van der Waals surface area contributed by atoms with E-state index in [2.05, 4.69) is 20.4 Å². The number of H-pyrrole nitrogens is 1. The number of fused-ring (bicyclic) bond motifs is 1. The molecule has 2 heterocycles. The van der Waals surface area contributed by atoms with E-state index < -0.39 is 0 Å². The van der Waals surface area contributed by atoms with E-state index in [1.165, 1.54) is 19.3 Å². The van der Waals surface area contributed by atoms with E-state index in [4.69, 9.17) is 0 Å². The average Bonchev–Trinajstić information content (AvgIpc) is 2.92. The summed E-state index contributed by atoms with van der Waals surface area (Å²) in [6.07, 6.45) is 3.89. The van der Waals surface area contributed by atoms with Gasteiger partial charge in [-0.15, -0.1) is 12.4 Å². The minimum absolute atomic E-state index is 0. The van der Waals surface area contributed by atoms with Gasteiger partial charge in [0.15, 0.2) is 5.69 Å². The number of hydrogen-bond acceptors (Lipinski definition) is 3. The van der Waals surface area contributed by atoms with Crippen molar-refractivity contribution in [3.63, 3.8) is 0 Å². The molecule has 1 amide bonds. The van der Waals surface area contributed by atoms with E-state index in [0.29, 0.717) is 12.2 Å². The maximum atomic E-state index is 12.1. The Bertz CT molecular complexity index is 592. The van der Waals surface area contributed by atoms with Crippen LogP contribution in [-0.4, -0.2) is 47.2 Å². The SMILES string of the molecule is Cl.O=C(NCCN1CCCCC1)c1n[nH]c2ccccc12. The molecule has 1 aromatic carbocycles. The Hall–Kier alpha value is -1.59. The quantitative estimate of drug-likeness (QED) is 0.910. The molecule has 6 heteroatoms. The molecular weight excluding hydrogens is 288 g/mol. The minimum Gasteiger partial charge on any atom is -0.349 e. The van der Waals surface area contributed by atoms with Crippen LogP contribution in [0.3, 0.4) is 0 Å². The molecule has 2 N–H and O–H groups in total. The van der Waals surface area contributed by atoms with Crippen molar-refractivity contribution in [2.75, 3.05) is 26.2 Å². The number of likely N-dealkylation sites (tertiary alicyclic amines) is 1. The lowest BCUT2D eigenvalue weighted by Gasteiger charge is -2.26. The molecule has 0 aliphatic carbocycles. The molecule has 1 aromatic heterocycles. The van der Waals surface area contributed by atoms with E-state index >= 15 is 0 Å². The zero-order valence-corrected chi connectivity index (χ0v) is 12.8. The number of para-hydroxylation sites is 1. The second-order valence-electron chi connectivity index (χ2n) is 5.28. The van der Waals surface area contributed by atoms with Gasteiger partial charge in [-0.05, 0) is 32.0 Å². The van der Waals surface area contributed by atoms with Gasteiger partial charge in [-0.3, -0.25) is 9.89 Å². The van der Waals surface area contributed by atoms with Gasteiger partial charge >= 0.3 is 0 Å². The Labute approximate surface area is 130 Å². The van der Waals surface area contributed by atoms with Crippen molar-refractivity contribution in [2.24, 2.45) is 0 Å². The molecule has 2 aromatic rings. The molecule has 0 bridgehead atoms. The number of carbonyl (C=O) groups is 1. The Morgan fingerprint density at radius 2 is 2.00 bits per heavy atom. The lowest BCUT2D eigenvalue weighted by molar-refractivity contribution is 0.0943. The second-order valence-corrected chi connectivity index (χ2v) is 5.28. The van der Waals surface area contributed by atoms with Gasteiger partial charge in [0.1, 0.15) is 0 Å². The summed E-state index contributed by atoms with van der Waals surface area (Å²) in [5, 5.41) is 10.8. The largest absolute Gasteiger partial charge is 0.349 e.